The van der Waals surface area contributed by atoms with Crippen LogP contribution in [0.2, 0.25) is 0 Å². The fraction of sp³-hybridized carbons (Fsp3) is 0.714. The van der Waals surface area contributed by atoms with E-state index in [0.717, 1.165) is 12.8 Å². The SMILES string of the molecule is CCCCC(=O)[N]NC(=O)CCl. The van der Waals surface area contributed by atoms with Gasteiger partial charge in [0.15, 0.2) is 0 Å². The van der Waals surface area contributed by atoms with Crippen molar-refractivity contribution in [2.75, 3.05) is 5.88 Å². The first-order chi connectivity index (χ1) is 5.70. The molecule has 1 N–H and O–H groups in total. The van der Waals surface area contributed by atoms with E-state index in [1.807, 2.05) is 12.3 Å². The summed E-state index contributed by atoms with van der Waals surface area (Å²) in [5.41, 5.74) is 5.36. The normalized spacial score (nSPS) is 9.17. The molecule has 0 fully saturated rings. The van der Waals surface area contributed by atoms with E-state index < -0.39 is 5.91 Å². The van der Waals surface area contributed by atoms with E-state index in [1.54, 1.807) is 0 Å². The molecule has 69 valence electrons. The highest BCUT2D eigenvalue weighted by molar-refractivity contribution is 6.27. The highest BCUT2D eigenvalue weighted by Gasteiger charge is 2.04. The van der Waals surface area contributed by atoms with Crippen molar-refractivity contribution in [1.29, 1.82) is 0 Å². The molecule has 0 aliphatic carbocycles. The lowest BCUT2D eigenvalue weighted by atomic mass is 10.2. The highest BCUT2D eigenvalue weighted by atomic mass is 35.5. The minimum Gasteiger partial charge on any atom is -0.272 e. The van der Waals surface area contributed by atoms with E-state index in [4.69, 9.17) is 11.6 Å². The smallest absolute Gasteiger partial charge is 0.262 e. The van der Waals surface area contributed by atoms with Crippen LogP contribution >= 0.6 is 11.6 Å². The minimum atomic E-state index is -0.457. The topological polar surface area (TPSA) is 60.3 Å². The third kappa shape index (κ3) is 5.97. The van der Waals surface area contributed by atoms with Crippen molar-refractivity contribution in [1.82, 2.24) is 10.9 Å². The number of nitrogens with one attached hydrogen (secondary N) is 1. The molecule has 0 aromatic heterocycles. The van der Waals surface area contributed by atoms with Gasteiger partial charge < -0.3 is 0 Å². The van der Waals surface area contributed by atoms with Crippen LogP contribution in [0, 0.1) is 0 Å². The molecule has 0 aliphatic rings. The number of unbranched alkanes of at least 4 members (excludes halogenated alkanes) is 1. The molecule has 0 unspecified atom stereocenters. The van der Waals surface area contributed by atoms with Crippen molar-refractivity contribution in [3.05, 3.63) is 0 Å². The van der Waals surface area contributed by atoms with Crippen LogP contribution in [0.4, 0.5) is 0 Å². The summed E-state index contributed by atoms with van der Waals surface area (Å²) in [6.45, 7) is 1.98. The Kier molecular flexibility index (Phi) is 6.47. The Morgan fingerprint density at radius 3 is 2.67 bits per heavy atom. The molecule has 2 amide bonds. The quantitative estimate of drug-likeness (QED) is 0.522. The molecule has 0 saturated carbocycles. The van der Waals surface area contributed by atoms with E-state index in [-0.39, 0.29) is 11.8 Å². The monoisotopic (exact) mass is 191 g/mol. The molecule has 12 heavy (non-hydrogen) atoms. The van der Waals surface area contributed by atoms with Crippen molar-refractivity contribution in [2.45, 2.75) is 26.2 Å². The Labute approximate surface area is 76.6 Å². The third-order valence-corrected chi connectivity index (χ3v) is 1.41. The van der Waals surface area contributed by atoms with E-state index in [0.29, 0.717) is 6.42 Å². The predicted molar refractivity (Wildman–Crippen MR) is 45.5 cm³/mol. The van der Waals surface area contributed by atoms with Gasteiger partial charge in [0.25, 0.3) is 11.8 Å². The Balaban J connectivity index is 3.37. The molecule has 1 radical (unpaired) electrons. The van der Waals surface area contributed by atoms with Gasteiger partial charge in [-0.25, -0.2) is 5.43 Å². The number of carbonyl (C=O) groups excluding carboxylic acids is 2. The van der Waals surface area contributed by atoms with E-state index in [1.165, 1.54) is 0 Å². The Morgan fingerprint density at radius 2 is 2.17 bits per heavy atom. The van der Waals surface area contributed by atoms with Gasteiger partial charge in [-0.15, -0.1) is 17.0 Å². The standard InChI is InChI=1S/C7H12ClN2O2/c1-2-3-4-6(11)9-10-7(12)5-8/h2-5H2,1H3,(H,10,12). The van der Waals surface area contributed by atoms with Crippen LogP contribution in [0.1, 0.15) is 26.2 Å². The molecule has 0 heterocycles. The van der Waals surface area contributed by atoms with Gasteiger partial charge in [0.2, 0.25) is 0 Å². The molecule has 4 nitrogen and oxygen atoms in total. The molecule has 0 rings (SSSR count). The summed E-state index contributed by atoms with van der Waals surface area (Å²) < 4.78 is 0. The van der Waals surface area contributed by atoms with Crippen molar-refractivity contribution >= 4 is 23.4 Å². The number of hydrogen-bond donors (Lipinski definition) is 1. The van der Waals surface area contributed by atoms with E-state index in [9.17, 15) is 9.59 Å². The van der Waals surface area contributed by atoms with Crippen molar-refractivity contribution in [3.8, 4) is 0 Å². The summed E-state index contributed by atoms with van der Waals surface area (Å²) in [5, 5.41) is 0. The summed E-state index contributed by atoms with van der Waals surface area (Å²) in [7, 11) is 0. The van der Waals surface area contributed by atoms with Gasteiger partial charge in [-0.2, -0.15) is 0 Å². The lowest BCUT2D eigenvalue weighted by Crippen LogP contribution is -2.36. The molecule has 0 saturated heterocycles. The maximum Gasteiger partial charge on any atom is 0.262 e. The second kappa shape index (κ2) is 6.91. The van der Waals surface area contributed by atoms with Crippen molar-refractivity contribution < 1.29 is 9.59 Å². The van der Waals surface area contributed by atoms with Gasteiger partial charge in [0.1, 0.15) is 5.88 Å². The number of rotatable bonds is 4. The van der Waals surface area contributed by atoms with Crippen LogP contribution in [0.5, 0.6) is 0 Å². The molecule has 0 bridgehead atoms. The number of amides is 2. The van der Waals surface area contributed by atoms with Gasteiger partial charge in [-0.3, -0.25) is 9.59 Å². The number of halogens is 1. The molecule has 0 aromatic rings. The minimum absolute atomic E-state index is 0.176. The first-order valence-electron chi connectivity index (χ1n) is 3.79. The van der Waals surface area contributed by atoms with Crippen LogP contribution in [0.25, 0.3) is 0 Å². The van der Waals surface area contributed by atoms with Crippen LogP contribution in [0.3, 0.4) is 0 Å². The molecule has 0 aromatic carbocycles. The average molecular weight is 192 g/mol. The van der Waals surface area contributed by atoms with Crippen LogP contribution in [-0.2, 0) is 9.59 Å². The van der Waals surface area contributed by atoms with Crippen molar-refractivity contribution in [3.63, 3.8) is 0 Å². The summed E-state index contributed by atoms with van der Waals surface area (Å²) in [5.74, 6) is -0.943. The predicted octanol–water partition coefficient (Wildman–Crippen LogP) is 0.578. The highest BCUT2D eigenvalue weighted by Crippen LogP contribution is 1.92. The Bertz CT molecular complexity index is 161. The number of nitrogens with zero attached hydrogens (tertiary/aromatic N) is 1. The number of alkyl halides is 1. The molecular formula is C7H12ClN2O2. The number of hydrogen-bond acceptors (Lipinski definition) is 2. The van der Waals surface area contributed by atoms with Crippen LogP contribution < -0.4 is 10.9 Å². The van der Waals surface area contributed by atoms with Gasteiger partial charge in [0, 0.05) is 6.42 Å². The number of carbonyl (C=O) groups is 2. The third-order valence-electron chi connectivity index (χ3n) is 1.17. The van der Waals surface area contributed by atoms with Gasteiger partial charge in [-0.1, -0.05) is 13.3 Å². The molecule has 0 spiro atoms. The maximum absolute atomic E-state index is 10.8. The Morgan fingerprint density at radius 1 is 1.50 bits per heavy atom. The lowest BCUT2D eigenvalue weighted by Gasteiger charge is -2.00. The largest absolute Gasteiger partial charge is 0.272 e. The summed E-state index contributed by atoms with van der Waals surface area (Å²) in [6, 6.07) is 0. The zero-order valence-electron chi connectivity index (χ0n) is 6.97. The molecule has 0 aliphatic heterocycles. The van der Waals surface area contributed by atoms with Gasteiger partial charge >= 0.3 is 0 Å². The van der Waals surface area contributed by atoms with Crippen molar-refractivity contribution in [2.24, 2.45) is 0 Å². The second-order valence-corrected chi connectivity index (χ2v) is 2.54. The van der Waals surface area contributed by atoms with Gasteiger partial charge in [0.05, 0.1) is 0 Å². The summed E-state index contributed by atoms with van der Waals surface area (Å²) in [6.07, 6.45) is 2.10. The summed E-state index contributed by atoms with van der Waals surface area (Å²) in [4.78, 5) is 21.3. The molecule has 0 atom stereocenters. The maximum atomic E-state index is 10.8. The molecular weight excluding hydrogens is 180 g/mol. The first kappa shape index (κ1) is 11.2. The van der Waals surface area contributed by atoms with Crippen LogP contribution in [0.15, 0.2) is 0 Å². The summed E-state index contributed by atoms with van der Waals surface area (Å²) >= 11 is 5.16. The van der Waals surface area contributed by atoms with Gasteiger partial charge in [-0.05, 0) is 6.42 Å². The Hall–Kier alpha value is -0.770. The zero-order valence-corrected chi connectivity index (χ0v) is 7.73. The molecule has 5 heteroatoms. The lowest BCUT2D eigenvalue weighted by molar-refractivity contribution is -0.128. The zero-order chi connectivity index (χ0) is 9.40. The first-order valence-corrected chi connectivity index (χ1v) is 4.32. The fourth-order valence-corrected chi connectivity index (χ4v) is 0.598. The second-order valence-electron chi connectivity index (χ2n) is 2.28. The van der Waals surface area contributed by atoms with Crippen LogP contribution in [-0.4, -0.2) is 17.7 Å². The fourth-order valence-electron chi connectivity index (χ4n) is 0.538. The average Bonchev–Trinajstić information content (AvgIpc) is 2.10. The van der Waals surface area contributed by atoms with E-state index in [2.05, 4.69) is 5.43 Å². The van der Waals surface area contributed by atoms with E-state index >= 15 is 0 Å².